The van der Waals surface area contributed by atoms with Crippen LogP contribution < -0.4 is 11.1 Å². The van der Waals surface area contributed by atoms with E-state index in [2.05, 4.69) is 24.4 Å². The van der Waals surface area contributed by atoms with Crippen molar-refractivity contribution in [3.63, 3.8) is 0 Å². The van der Waals surface area contributed by atoms with Crippen LogP contribution in [0.25, 0.3) is 0 Å². The summed E-state index contributed by atoms with van der Waals surface area (Å²) < 4.78 is 0. The van der Waals surface area contributed by atoms with Crippen molar-refractivity contribution in [2.45, 2.75) is 44.6 Å². The Bertz CT molecular complexity index is 404. The Morgan fingerprint density at radius 1 is 1.42 bits per heavy atom. The summed E-state index contributed by atoms with van der Waals surface area (Å²) in [5, 5.41) is 3.10. The van der Waals surface area contributed by atoms with Gasteiger partial charge in [-0.15, -0.1) is 0 Å². The molecule has 1 aromatic rings. The van der Waals surface area contributed by atoms with Crippen LogP contribution in [0.15, 0.2) is 30.3 Å². The molecule has 1 saturated carbocycles. The average Bonchev–Trinajstić information content (AvgIpc) is 3.24. The molecule has 0 spiro atoms. The van der Waals surface area contributed by atoms with Crippen LogP contribution in [-0.4, -0.2) is 18.5 Å². The number of carbonyl (C=O) groups is 1. The second kappa shape index (κ2) is 6.71. The fourth-order valence-corrected chi connectivity index (χ4v) is 2.56. The number of carbonyl (C=O) groups excluding carboxylic acids is 1. The number of unbranched alkanes of at least 4 members (excludes halogenated alkanes) is 1. The van der Waals surface area contributed by atoms with E-state index in [4.69, 9.17) is 5.73 Å². The maximum atomic E-state index is 12.2. The summed E-state index contributed by atoms with van der Waals surface area (Å²) in [6, 6.07) is 10.4. The molecule has 19 heavy (non-hydrogen) atoms. The Balaban J connectivity index is 1.82. The summed E-state index contributed by atoms with van der Waals surface area (Å²) in [7, 11) is 0. The van der Waals surface area contributed by atoms with E-state index < -0.39 is 0 Å². The van der Waals surface area contributed by atoms with E-state index in [0.29, 0.717) is 12.5 Å². The third-order valence-electron chi connectivity index (χ3n) is 3.89. The molecule has 3 nitrogen and oxygen atoms in total. The topological polar surface area (TPSA) is 55.1 Å². The van der Waals surface area contributed by atoms with Gasteiger partial charge in [0.25, 0.3) is 0 Å². The maximum absolute atomic E-state index is 12.2. The predicted octanol–water partition coefficient (Wildman–Crippen LogP) is 2.42. The fourth-order valence-electron chi connectivity index (χ4n) is 2.56. The molecule has 0 saturated heterocycles. The highest BCUT2D eigenvalue weighted by Crippen LogP contribution is 2.47. The third-order valence-corrected chi connectivity index (χ3v) is 3.89. The summed E-state index contributed by atoms with van der Waals surface area (Å²) in [5.41, 5.74) is 6.99. The Hall–Kier alpha value is -1.35. The van der Waals surface area contributed by atoms with Crippen molar-refractivity contribution in [1.29, 1.82) is 0 Å². The zero-order chi connectivity index (χ0) is 13.7. The number of hydrogen-bond acceptors (Lipinski definition) is 2. The van der Waals surface area contributed by atoms with E-state index in [1.807, 2.05) is 18.2 Å². The highest BCUT2D eigenvalue weighted by atomic mass is 16.2. The molecular weight excluding hydrogens is 236 g/mol. The Morgan fingerprint density at radius 3 is 2.79 bits per heavy atom. The van der Waals surface area contributed by atoms with E-state index in [9.17, 15) is 4.79 Å². The quantitative estimate of drug-likeness (QED) is 0.791. The molecule has 0 bridgehead atoms. The molecule has 3 unspecified atom stereocenters. The molecule has 1 aliphatic carbocycles. The van der Waals surface area contributed by atoms with Crippen LogP contribution in [-0.2, 0) is 4.79 Å². The Kier molecular flexibility index (Phi) is 4.97. The summed E-state index contributed by atoms with van der Waals surface area (Å²) in [6.45, 7) is 2.69. The molecule has 1 fully saturated rings. The normalized spacial score (nSPS) is 22.8. The molecule has 1 aromatic carbocycles. The first-order valence-corrected chi connectivity index (χ1v) is 7.31. The standard InChI is InChI=1S/C16H24N2O/c1-2-3-9-13(11-17)18-16(19)15-10-14(15)12-7-5-4-6-8-12/h4-8,13-15H,2-3,9-11,17H2,1H3,(H,18,19). The number of amides is 1. The van der Waals surface area contributed by atoms with Crippen molar-refractivity contribution in [3.8, 4) is 0 Å². The van der Waals surface area contributed by atoms with Gasteiger partial charge in [0.05, 0.1) is 0 Å². The van der Waals surface area contributed by atoms with E-state index in [0.717, 1.165) is 25.7 Å². The van der Waals surface area contributed by atoms with Crippen LogP contribution in [0.3, 0.4) is 0 Å². The van der Waals surface area contributed by atoms with Crippen LogP contribution in [0.1, 0.15) is 44.1 Å². The summed E-state index contributed by atoms with van der Waals surface area (Å²) in [6.07, 6.45) is 4.22. The minimum absolute atomic E-state index is 0.143. The van der Waals surface area contributed by atoms with Crippen molar-refractivity contribution in [2.75, 3.05) is 6.54 Å². The Morgan fingerprint density at radius 2 is 2.16 bits per heavy atom. The van der Waals surface area contributed by atoms with Gasteiger partial charge in [0.15, 0.2) is 0 Å². The lowest BCUT2D eigenvalue weighted by Gasteiger charge is -2.16. The van der Waals surface area contributed by atoms with Gasteiger partial charge >= 0.3 is 0 Å². The number of hydrogen-bond donors (Lipinski definition) is 2. The molecule has 0 radical (unpaired) electrons. The number of benzene rings is 1. The monoisotopic (exact) mass is 260 g/mol. The molecule has 104 valence electrons. The first-order chi connectivity index (χ1) is 9.26. The molecule has 3 N–H and O–H groups in total. The van der Waals surface area contributed by atoms with Gasteiger partial charge in [-0.2, -0.15) is 0 Å². The lowest BCUT2D eigenvalue weighted by molar-refractivity contribution is -0.123. The lowest BCUT2D eigenvalue weighted by Crippen LogP contribution is -2.41. The highest BCUT2D eigenvalue weighted by Gasteiger charge is 2.44. The largest absolute Gasteiger partial charge is 0.352 e. The van der Waals surface area contributed by atoms with Crippen molar-refractivity contribution >= 4 is 5.91 Å². The SMILES string of the molecule is CCCCC(CN)NC(=O)C1CC1c1ccccc1. The lowest BCUT2D eigenvalue weighted by atomic mass is 10.1. The average molecular weight is 260 g/mol. The molecule has 0 heterocycles. The summed E-state index contributed by atoms with van der Waals surface area (Å²) in [5.74, 6) is 0.740. The van der Waals surface area contributed by atoms with Crippen LogP contribution >= 0.6 is 0 Å². The fraction of sp³-hybridized carbons (Fsp3) is 0.562. The van der Waals surface area contributed by atoms with E-state index in [1.54, 1.807) is 0 Å². The first-order valence-electron chi connectivity index (χ1n) is 7.31. The van der Waals surface area contributed by atoms with E-state index in [-0.39, 0.29) is 17.9 Å². The molecule has 1 aliphatic rings. The van der Waals surface area contributed by atoms with Gasteiger partial charge in [0, 0.05) is 18.5 Å². The van der Waals surface area contributed by atoms with Crippen molar-refractivity contribution in [3.05, 3.63) is 35.9 Å². The predicted molar refractivity (Wildman–Crippen MR) is 77.8 cm³/mol. The zero-order valence-electron chi connectivity index (χ0n) is 11.6. The van der Waals surface area contributed by atoms with Gasteiger partial charge in [-0.1, -0.05) is 50.1 Å². The van der Waals surface area contributed by atoms with Crippen molar-refractivity contribution < 1.29 is 4.79 Å². The second-order valence-corrected chi connectivity index (χ2v) is 5.44. The molecule has 3 heteroatoms. The molecule has 2 rings (SSSR count). The number of nitrogens with one attached hydrogen (secondary N) is 1. The molecule has 0 aliphatic heterocycles. The van der Waals surface area contributed by atoms with Crippen molar-refractivity contribution in [1.82, 2.24) is 5.32 Å². The van der Waals surface area contributed by atoms with Gasteiger partial charge in [0.2, 0.25) is 5.91 Å². The second-order valence-electron chi connectivity index (χ2n) is 5.44. The highest BCUT2D eigenvalue weighted by molar-refractivity contribution is 5.83. The van der Waals surface area contributed by atoms with E-state index >= 15 is 0 Å². The van der Waals surface area contributed by atoms with Gasteiger partial charge in [-0.25, -0.2) is 0 Å². The Labute approximate surface area is 115 Å². The van der Waals surface area contributed by atoms with Crippen LogP contribution in [0, 0.1) is 5.92 Å². The van der Waals surface area contributed by atoms with Gasteiger partial charge < -0.3 is 11.1 Å². The molecule has 3 atom stereocenters. The maximum Gasteiger partial charge on any atom is 0.224 e. The summed E-state index contributed by atoms with van der Waals surface area (Å²) in [4.78, 5) is 12.2. The molecule has 0 aromatic heterocycles. The minimum atomic E-state index is 0.143. The molecular formula is C16H24N2O. The van der Waals surface area contributed by atoms with E-state index in [1.165, 1.54) is 5.56 Å². The van der Waals surface area contributed by atoms with Gasteiger partial charge in [-0.3, -0.25) is 4.79 Å². The number of rotatable bonds is 7. The van der Waals surface area contributed by atoms with Crippen LogP contribution in [0.4, 0.5) is 0 Å². The van der Waals surface area contributed by atoms with Crippen molar-refractivity contribution in [2.24, 2.45) is 11.7 Å². The zero-order valence-corrected chi connectivity index (χ0v) is 11.6. The smallest absolute Gasteiger partial charge is 0.224 e. The minimum Gasteiger partial charge on any atom is -0.352 e. The third kappa shape index (κ3) is 3.80. The van der Waals surface area contributed by atoms with Gasteiger partial charge in [0.1, 0.15) is 0 Å². The summed E-state index contributed by atoms with van der Waals surface area (Å²) >= 11 is 0. The first kappa shape index (κ1) is 14.1. The van der Waals surface area contributed by atoms with Crippen LogP contribution in [0.2, 0.25) is 0 Å². The number of nitrogens with two attached hydrogens (primary N) is 1. The van der Waals surface area contributed by atoms with Gasteiger partial charge in [-0.05, 0) is 24.3 Å². The molecule has 1 amide bonds. The van der Waals surface area contributed by atoms with Crippen LogP contribution in [0.5, 0.6) is 0 Å².